The minimum Gasteiger partial charge on any atom is -0.489 e. The maximum absolute atomic E-state index is 11.6. The van der Waals surface area contributed by atoms with Gasteiger partial charge in [0.05, 0.1) is 5.02 Å². The second-order valence-electron chi connectivity index (χ2n) is 5.19. The van der Waals surface area contributed by atoms with Crippen molar-refractivity contribution in [3.8, 4) is 17.2 Å². The summed E-state index contributed by atoms with van der Waals surface area (Å²) >= 11 is 6.20. The van der Waals surface area contributed by atoms with Crippen molar-refractivity contribution in [2.45, 2.75) is 20.0 Å². The van der Waals surface area contributed by atoms with Gasteiger partial charge in [0.1, 0.15) is 25.6 Å². The largest absolute Gasteiger partial charge is 0.489 e. The van der Waals surface area contributed by atoms with E-state index in [0.29, 0.717) is 54.1 Å². The SMILES string of the molecule is CCC(=O)c1ccc(OCc2cc(Cl)c3c(c2)OCCO3)cc1. The molecule has 2 aromatic carbocycles. The van der Waals surface area contributed by atoms with Crippen LogP contribution in [0.1, 0.15) is 29.3 Å². The Hall–Kier alpha value is -2.20. The van der Waals surface area contributed by atoms with E-state index in [9.17, 15) is 4.79 Å². The zero-order valence-corrected chi connectivity index (χ0v) is 13.6. The monoisotopic (exact) mass is 332 g/mol. The van der Waals surface area contributed by atoms with Crippen molar-refractivity contribution in [1.82, 2.24) is 0 Å². The minimum absolute atomic E-state index is 0.121. The first-order chi connectivity index (χ1) is 11.2. The fraction of sp³-hybridized carbons (Fsp3) is 0.278. The summed E-state index contributed by atoms with van der Waals surface area (Å²) in [6.45, 7) is 3.22. The molecule has 1 heterocycles. The number of Topliss-reactive ketones (excluding diaryl/α,β-unsaturated/α-hetero) is 1. The highest BCUT2D eigenvalue weighted by molar-refractivity contribution is 6.32. The predicted octanol–water partition coefficient (Wildman–Crippen LogP) is 4.28. The summed E-state index contributed by atoms with van der Waals surface area (Å²) in [4.78, 5) is 11.6. The van der Waals surface area contributed by atoms with Crippen molar-refractivity contribution in [2.24, 2.45) is 0 Å². The lowest BCUT2D eigenvalue weighted by Gasteiger charge is -2.20. The molecule has 0 radical (unpaired) electrons. The van der Waals surface area contributed by atoms with E-state index < -0.39 is 0 Å². The second kappa shape index (κ2) is 6.92. The maximum atomic E-state index is 11.6. The summed E-state index contributed by atoms with van der Waals surface area (Å²) < 4.78 is 16.8. The van der Waals surface area contributed by atoms with Gasteiger partial charge in [-0.1, -0.05) is 18.5 Å². The van der Waals surface area contributed by atoms with Gasteiger partial charge in [-0.3, -0.25) is 4.79 Å². The number of hydrogen-bond donors (Lipinski definition) is 0. The van der Waals surface area contributed by atoms with Crippen LogP contribution in [0.15, 0.2) is 36.4 Å². The van der Waals surface area contributed by atoms with Crippen LogP contribution in [0.4, 0.5) is 0 Å². The molecule has 0 saturated heterocycles. The smallest absolute Gasteiger partial charge is 0.179 e. The van der Waals surface area contributed by atoms with E-state index in [1.54, 1.807) is 24.3 Å². The van der Waals surface area contributed by atoms with Crippen LogP contribution in [0.3, 0.4) is 0 Å². The summed E-state index contributed by atoms with van der Waals surface area (Å²) in [5.41, 5.74) is 1.59. The molecular formula is C18H17ClO4. The van der Waals surface area contributed by atoms with Crippen LogP contribution < -0.4 is 14.2 Å². The third kappa shape index (κ3) is 3.59. The normalized spacial score (nSPS) is 12.8. The Bertz CT molecular complexity index is 710. The Labute approximate surface area is 139 Å². The Morgan fingerprint density at radius 2 is 1.91 bits per heavy atom. The van der Waals surface area contributed by atoms with E-state index in [-0.39, 0.29) is 5.78 Å². The summed E-state index contributed by atoms with van der Waals surface area (Å²) in [5.74, 6) is 2.05. The molecule has 0 unspecified atom stereocenters. The Kier molecular flexibility index (Phi) is 4.72. The molecule has 2 aromatic rings. The maximum Gasteiger partial charge on any atom is 0.179 e. The summed E-state index contributed by atoms with van der Waals surface area (Å²) in [6.07, 6.45) is 0.496. The van der Waals surface area contributed by atoms with Gasteiger partial charge in [0.25, 0.3) is 0 Å². The number of rotatable bonds is 5. The van der Waals surface area contributed by atoms with E-state index in [4.69, 9.17) is 25.8 Å². The van der Waals surface area contributed by atoms with Crippen molar-refractivity contribution >= 4 is 17.4 Å². The number of hydrogen-bond acceptors (Lipinski definition) is 4. The molecule has 0 fully saturated rings. The van der Waals surface area contributed by atoms with Crippen LogP contribution in [0.2, 0.25) is 5.02 Å². The van der Waals surface area contributed by atoms with Crippen molar-refractivity contribution in [3.05, 3.63) is 52.5 Å². The Morgan fingerprint density at radius 1 is 1.17 bits per heavy atom. The van der Waals surface area contributed by atoms with Gasteiger partial charge in [0.15, 0.2) is 17.3 Å². The first-order valence-corrected chi connectivity index (χ1v) is 7.89. The highest BCUT2D eigenvalue weighted by atomic mass is 35.5. The number of ether oxygens (including phenoxy) is 3. The molecule has 0 spiro atoms. The predicted molar refractivity (Wildman–Crippen MR) is 87.8 cm³/mol. The van der Waals surface area contributed by atoms with Crippen LogP contribution in [-0.4, -0.2) is 19.0 Å². The molecule has 0 aromatic heterocycles. The number of fused-ring (bicyclic) bond motifs is 1. The molecule has 0 N–H and O–H groups in total. The fourth-order valence-electron chi connectivity index (χ4n) is 2.36. The first kappa shape index (κ1) is 15.7. The van der Waals surface area contributed by atoms with Crippen LogP contribution in [0.5, 0.6) is 17.2 Å². The molecule has 0 aliphatic carbocycles. The molecule has 120 valence electrons. The first-order valence-electron chi connectivity index (χ1n) is 7.51. The van der Waals surface area contributed by atoms with Gasteiger partial charge >= 0.3 is 0 Å². The number of ketones is 1. The molecule has 4 nitrogen and oxygen atoms in total. The molecule has 0 amide bonds. The lowest BCUT2D eigenvalue weighted by molar-refractivity contribution is 0.0988. The minimum atomic E-state index is 0.121. The summed E-state index contributed by atoms with van der Waals surface area (Å²) in [6, 6.07) is 10.8. The van der Waals surface area contributed by atoms with Crippen LogP contribution in [-0.2, 0) is 6.61 Å². The number of carbonyl (C=O) groups excluding carboxylic acids is 1. The zero-order valence-electron chi connectivity index (χ0n) is 12.8. The third-order valence-electron chi connectivity index (χ3n) is 3.56. The summed E-state index contributed by atoms with van der Waals surface area (Å²) in [5, 5.41) is 0.518. The van der Waals surface area contributed by atoms with Gasteiger partial charge in [0.2, 0.25) is 0 Å². The quantitative estimate of drug-likeness (QED) is 0.766. The zero-order chi connectivity index (χ0) is 16.2. The van der Waals surface area contributed by atoms with E-state index in [1.165, 1.54) is 0 Å². The molecule has 3 rings (SSSR count). The van der Waals surface area contributed by atoms with Gasteiger partial charge in [-0.15, -0.1) is 0 Å². The highest BCUT2D eigenvalue weighted by Crippen LogP contribution is 2.38. The van der Waals surface area contributed by atoms with E-state index >= 15 is 0 Å². The molecular weight excluding hydrogens is 316 g/mol. The van der Waals surface area contributed by atoms with Crippen LogP contribution in [0, 0.1) is 0 Å². The van der Waals surface area contributed by atoms with Gasteiger partial charge in [0, 0.05) is 12.0 Å². The second-order valence-corrected chi connectivity index (χ2v) is 5.60. The van der Waals surface area contributed by atoms with E-state index in [0.717, 1.165) is 5.56 Å². The Morgan fingerprint density at radius 3 is 2.65 bits per heavy atom. The third-order valence-corrected chi connectivity index (χ3v) is 3.84. The molecule has 1 aliphatic heterocycles. The molecule has 0 atom stereocenters. The molecule has 23 heavy (non-hydrogen) atoms. The number of carbonyl (C=O) groups is 1. The average molecular weight is 333 g/mol. The lowest BCUT2D eigenvalue weighted by Crippen LogP contribution is -2.16. The lowest BCUT2D eigenvalue weighted by atomic mass is 10.1. The van der Waals surface area contributed by atoms with Crippen molar-refractivity contribution in [1.29, 1.82) is 0 Å². The summed E-state index contributed by atoms with van der Waals surface area (Å²) in [7, 11) is 0. The number of halogens is 1. The average Bonchev–Trinajstić information content (AvgIpc) is 2.60. The van der Waals surface area contributed by atoms with E-state index in [2.05, 4.69) is 0 Å². The van der Waals surface area contributed by atoms with Crippen molar-refractivity contribution < 1.29 is 19.0 Å². The molecule has 0 bridgehead atoms. The van der Waals surface area contributed by atoms with Crippen molar-refractivity contribution in [2.75, 3.05) is 13.2 Å². The van der Waals surface area contributed by atoms with Crippen LogP contribution >= 0.6 is 11.6 Å². The topological polar surface area (TPSA) is 44.8 Å². The number of benzene rings is 2. The Balaban J connectivity index is 1.68. The van der Waals surface area contributed by atoms with Crippen molar-refractivity contribution in [3.63, 3.8) is 0 Å². The molecule has 1 aliphatic rings. The fourth-order valence-corrected chi connectivity index (χ4v) is 2.64. The van der Waals surface area contributed by atoms with Gasteiger partial charge in [-0.2, -0.15) is 0 Å². The van der Waals surface area contributed by atoms with Gasteiger partial charge in [-0.25, -0.2) is 0 Å². The van der Waals surface area contributed by atoms with Crippen LogP contribution in [0.25, 0.3) is 0 Å². The van der Waals surface area contributed by atoms with Gasteiger partial charge in [-0.05, 0) is 42.0 Å². The molecule has 0 saturated carbocycles. The standard InChI is InChI=1S/C18H17ClO4/c1-2-16(20)13-3-5-14(6-4-13)23-11-12-9-15(19)18-17(10-12)21-7-8-22-18/h3-6,9-10H,2,7-8,11H2,1H3. The van der Waals surface area contributed by atoms with Gasteiger partial charge < -0.3 is 14.2 Å². The van der Waals surface area contributed by atoms with E-state index in [1.807, 2.05) is 19.1 Å². The molecule has 5 heteroatoms. The highest BCUT2D eigenvalue weighted by Gasteiger charge is 2.16.